The van der Waals surface area contributed by atoms with Gasteiger partial charge in [0.2, 0.25) is 0 Å². The SMILES string of the molecule is COCCCNCC1=CC2CC3(O)C4(O)CC5CC(C(C)C6CCCC6)CCC6C(O)CCC(C=O)(C4CCC34CCCC13OC(=O)C=C3C24CO)C56O. The molecule has 7 fully saturated rings. The molecule has 2 bridgehead atoms. The summed E-state index contributed by atoms with van der Waals surface area (Å²) in [5, 5.41) is 68.3. The minimum atomic E-state index is -1.75. The molecule has 1 heterocycles. The van der Waals surface area contributed by atoms with Crippen LogP contribution in [0, 0.1) is 57.7 Å². The molecule has 10 heteroatoms. The number of rotatable bonds is 10. The predicted molar refractivity (Wildman–Crippen MR) is 200 cm³/mol. The minimum Gasteiger partial charge on any atom is -0.447 e. The molecule has 6 N–H and O–H groups in total. The van der Waals surface area contributed by atoms with Gasteiger partial charge >= 0.3 is 5.97 Å². The lowest BCUT2D eigenvalue weighted by Crippen LogP contribution is -2.81. The van der Waals surface area contributed by atoms with Crippen molar-refractivity contribution in [3.63, 3.8) is 0 Å². The number of aliphatic hydroxyl groups excluding tert-OH is 2. The summed E-state index contributed by atoms with van der Waals surface area (Å²) in [4.78, 5) is 27.4. The molecule has 9 aliphatic rings. The first-order chi connectivity index (χ1) is 25.9. The Morgan fingerprint density at radius 3 is 2.54 bits per heavy atom. The first kappa shape index (κ1) is 37.9. The van der Waals surface area contributed by atoms with Crippen LogP contribution in [-0.2, 0) is 19.1 Å². The Morgan fingerprint density at radius 2 is 1.80 bits per heavy atom. The molecule has 9 rings (SSSR count). The molecule has 54 heavy (non-hydrogen) atoms. The summed E-state index contributed by atoms with van der Waals surface area (Å²) < 4.78 is 11.6. The van der Waals surface area contributed by atoms with E-state index in [4.69, 9.17) is 9.47 Å². The van der Waals surface area contributed by atoms with E-state index in [0.29, 0.717) is 82.9 Å². The molecule has 10 nitrogen and oxygen atoms in total. The maximum Gasteiger partial charge on any atom is 0.332 e. The van der Waals surface area contributed by atoms with Gasteiger partial charge in [0.05, 0.1) is 29.3 Å². The van der Waals surface area contributed by atoms with Crippen LogP contribution in [0.15, 0.2) is 23.3 Å². The molecule has 0 radical (unpaired) electrons. The van der Waals surface area contributed by atoms with Gasteiger partial charge in [0.25, 0.3) is 0 Å². The standard InChI is InChI=1S/C44H65NO9/c1-27(28-7-3-4-8-28)29-9-10-33-34(48)11-15-38(25-46)35-12-16-39-13-5-14-41-32(24-45-17-6-18-53-2)20-30(40(39,26-47)36(41)21-37(49)54-41)23-43(39,51)42(35,50)22-31(19-29)44(33,38)52/h20-21,25,27-31,33-35,45,47-48,50-52H,3-19,22-24,26H2,1-2H3. The molecule has 0 aromatic rings. The monoisotopic (exact) mass is 751 g/mol. The number of methoxy groups -OCH3 is 1. The second-order valence-corrected chi connectivity index (χ2v) is 19.8. The van der Waals surface area contributed by atoms with E-state index in [9.17, 15) is 35.1 Å². The molecule has 1 aliphatic heterocycles. The maximum atomic E-state index is 14.0. The fourth-order valence-electron chi connectivity index (χ4n) is 16.5. The average Bonchev–Trinajstić information content (AvgIpc) is 3.82. The predicted octanol–water partition coefficient (Wildman–Crippen LogP) is 4.15. The summed E-state index contributed by atoms with van der Waals surface area (Å²) in [6.45, 7) is 3.89. The highest BCUT2D eigenvalue weighted by Gasteiger charge is 2.86. The van der Waals surface area contributed by atoms with Crippen LogP contribution in [0.2, 0.25) is 0 Å². The van der Waals surface area contributed by atoms with Crippen LogP contribution >= 0.6 is 0 Å². The van der Waals surface area contributed by atoms with Crippen molar-refractivity contribution >= 4 is 12.3 Å². The van der Waals surface area contributed by atoms with Gasteiger partial charge < -0.3 is 45.1 Å². The molecule has 7 saturated carbocycles. The third kappa shape index (κ3) is 4.43. The summed E-state index contributed by atoms with van der Waals surface area (Å²) in [5.41, 5.74) is -7.66. The van der Waals surface area contributed by atoms with E-state index >= 15 is 0 Å². The Kier molecular flexibility index (Phi) is 9.07. The van der Waals surface area contributed by atoms with Crippen molar-refractivity contribution in [3.8, 4) is 0 Å². The van der Waals surface area contributed by atoms with Gasteiger partial charge in [0.15, 0.2) is 5.60 Å². The number of aldehydes is 1. The number of carbonyl (C=O) groups excluding carboxylic acids is 2. The molecule has 0 aromatic carbocycles. The lowest BCUT2D eigenvalue weighted by atomic mass is 9.35. The van der Waals surface area contributed by atoms with Crippen LogP contribution in [0.25, 0.3) is 0 Å². The molecular weight excluding hydrogens is 686 g/mol. The van der Waals surface area contributed by atoms with Crippen LogP contribution in [0.3, 0.4) is 0 Å². The number of esters is 1. The van der Waals surface area contributed by atoms with Gasteiger partial charge in [-0.05, 0) is 131 Å². The van der Waals surface area contributed by atoms with Gasteiger partial charge in [0.1, 0.15) is 11.9 Å². The van der Waals surface area contributed by atoms with Crippen molar-refractivity contribution < 1.29 is 44.6 Å². The van der Waals surface area contributed by atoms with Gasteiger partial charge in [-0.3, -0.25) is 0 Å². The number of fused-ring (bicyclic) bond motifs is 3. The Bertz CT molecular complexity index is 1590. The number of nitrogens with one attached hydrogen (secondary N) is 1. The number of ether oxygens (including phenoxy) is 2. The zero-order chi connectivity index (χ0) is 37.9. The van der Waals surface area contributed by atoms with Crippen molar-refractivity contribution in [2.45, 2.75) is 145 Å². The normalized spacial score (nSPS) is 51.1. The molecule has 14 atom stereocenters. The van der Waals surface area contributed by atoms with Gasteiger partial charge in [-0.25, -0.2) is 4.79 Å². The van der Waals surface area contributed by atoms with Crippen LogP contribution in [0.1, 0.15) is 116 Å². The summed E-state index contributed by atoms with van der Waals surface area (Å²) in [7, 11) is 1.68. The second-order valence-electron chi connectivity index (χ2n) is 19.8. The zero-order valence-corrected chi connectivity index (χ0v) is 32.6. The van der Waals surface area contributed by atoms with Crippen molar-refractivity contribution in [2.75, 3.05) is 33.4 Å². The van der Waals surface area contributed by atoms with Crippen LogP contribution in [0.4, 0.5) is 0 Å². The Morgan fingerprint density at radius 1 is 1.00 bits per heavy atom. The molecule has 0 aromatic heterocycles. The number of hydrogen-bond donors (Lipinski definition) is 6. The minimum absolute atomic E-state index is 0.143. The van der Waals surface area contributed by atoms with Gasteiger partial charge in [-0.2, -0.15) is 0 Å². The van der Waals surface area contributed by atoms with Crippen molar-refractivity contribution in [1.29, 1.82) is 0 Å². The molecule has 8 aliphatic carbocycles. The average molecular weight is 752 g/mol. The quantitative estimate of drug-likeness (QED) is 0.0827. The molecule has 1 spiro atoms. The van der Waals surface area contributed by atoms with E-state index in [1.165, 1.54) is 25.7 Å². The van der Waals surface area contributed by atoms with Crippen LogP contribution < -0.4 is 5.32 Å². The first-order valence-corrected chi connectivity index (χ1v) is 21.7. The number of carbonyl (C=O) groups is 2. The maximum absolute atomic E-state index is 14.0. The molecule has 14 unspecified atom stereocenters. The third-order valence-electron chi connectivity index (χ3n) is 18.7. The Hall–Kier alpha value is -1.66. The van der Waals surface area contributed by atoms with Gasteiger partial charge in [-0.15, -0.1) is 0 Å². The van der Waals surface area contributed by atoms with Gasteiger partial charge in [-0.1, -0.05) is 38.7 Å². The van der Waals surface area contributed by atoms with Crippen LogP contribution in [0.5, 0.6) is 0 Å². The van der Waals surface area contributed by atoms with Crippen LogP contribution in [-0.4, -0.2) is 99.7 Å². The number of allylic oxidation sites excluding steroid dienone is 1. The summed E-state index contributed by atoms with van der Waals surface area (Å²) in [6.07, 6.45) is 15.4. The van der Waals surface area contributed by atoms with Crippen molar-refractivity contribution in [2.24, 2.45) is 57.7 Å². The largest absolute Gasteiger partial charge is 0.447 e. The smallest absolute Gasteiger partial charge is 0.332 e. The second kappa shape index (κ2) is 12.9. The number of aliphatic hydroxyl groups is 5. The topological polar surface area (TPSA) is 166 Å². The Labute approximate surface area is 320 Å². The molecular formula is C44H65NO9. The van der Waals surface area contributed by atoms with E-state index in [-0.39, 0.29) is 37.7 Å². The summed E-state index contributed by atoms with van der Waals surface area (Å²) in [5.74, 6) is -1.18. The fraction of sp³-hybridized carbons (Fsp3) is 0.864. The highest BCUT2D eigenvalue weighted by atomic mass is 16.6. The third-order valence-corrected chi connectivity index (χ3v) is 18.7. The molecule has 0 saturated heterocycles. The van der Waals surface area contributed by atoms with Crippen molar-refractivity contribution in [3.05, 3.63) is 23.3 Å². The highest BCUT2D eigenvalue weighted by Crippen LogP contribution is 2.82. The van der Waals surface area contributed by atoms with Crippen molar-refractivity contribution in [1.82, 2.24) is 5.32 Å². The fourth-order valence-corrected chi connectivity index (χ4v) is 16.5. The van der Waals surface area contributed by atoms with Gasteiger partial charge in [0, 0.05) is 49.0 Å². The van der Waals surface area contributed by atoms with E-state index in [0.717, 1.165) is 30.3 Å². The number of hydrogen-bond acceptors (Lipinski definition) is 10. The molecule has 0 amide bonds. The van der Waals surface area contributed by atoms with E-state index < -0.39 is 68.5 Å². The molecule has 300 valence electrons. The zero-order valence-electron chi connectivity index (χ0n) is 32.6. The van der Waals surface area contributed by atoms with E-state index in [1.807, 2.05) is 0 Å². The van der Waals surface area contributed by atoms with E-state index in [1.54, 1.807) is 13.2 Å². The van der Waals surface area contributed by atoms with E-state index in [2.05, 4.69) is 18.3 Å². The lowest BCUT2D eigenvalue weighted by Gasteiger charge is -2.72. The first-order valence-electron chi connectivity index (χ1n) is 21.7. The summed E-state index contributed by atoms with van der Waals surface area (Å²) >= 11 is 0. The Balaban J connectivity index is 1.18. The highest BCUT2D eigenvalue weighted by molar-refractivity contribution is 5.89. The summed E-state index contributed by atoms with van der Waals surface area (Å²) in [6, 6.07) is 0. The lowest BCUT2D eigenvalue weighted by molar-refractivity contribution is -0.348.